The number of esters is 1. The molecule has 53 heavy (non-hydrogen) atoms. The highest BCUT2D eigenvalue weighted by Crippen LogP contribution is 2.43. The molecule has 0 saturated heterocycles. The minimum Gasteiger partial charge on any atom is -0.543 e. The van der Waals surface area contributed by atoms with E-state index in [1.54, 1.807) is 20.8 Å². The lowest BCUT2D eigenvalue weighted by atomic mass is 9.98. The van der Waals surface area contributed by atoms with E-state index >= 15 is 0 Å². The molecule has 0 radical (unpaired) electrons. The third kappa shape index (κ3) is 10.4. The van der Waals surface area contributed by atoms with Crippen LogP contribution < -0.4 is 15.1 Å². The number of likely N-dealkylation sites (N-methyl/N-ethyl adjacent to an activating group) is 1. The number of alkyl carbamates (subject to hydrolysis) is 1. The van der Waals surface area contributed by atoms with E-state index in [0.717, 1.165) is 16.5 Å². The van der Waals surface area contributed by atoms with E-state index in [4.69, 9.17) is 18.6 Å². The van der Waals surface area contributed by atoms with Crippen LogP contribution in [0.3, 0.4) is 0 Å². The second kappa shape index (κ2) is 18.1. The van der Waals surface area contributed by atoms with Crippen LogP contribution in [-0.4, -0.2) is 87.1 Å². The van der Waals surface area contributed by atoms with Crippen LogP contribution in [-0.2, 0) is 35.0 Å². The number of rotatable bonds is 16. The Balaban J connectivity index is 2.03. The first-order valence-electron chi connectivity index (χ1n) is 18.3. The molecular weight excluding hydrogens is 693 g/mol. The Morgan fingerprint density at radius 2 is 1.43 bits per heavy atom. The van der Waals surface area contributed by atoms with E-state index in [1.807, 2.05) is 54.7 Å². The van der Waals surface area contributed by atoms with Crippen LogP contribution in [0.25, 0.3) is 10.9 Å². The average molecular weight is 753 g/mol. The number of H-pyrrole nitrogens is 1. The van der Waals surface area contributed by atoms with Crippen molar-refractivity contribution in [2.24, 2.45) is 0 Å². The normalized spacial score (nSPS) is 14.4. The molecule has 2 aromatic carbocycles. The summed E-state index contributed by atoms with van der Waals surface area (Å²) in [7, 11) is 1.88. The predicted octanol–water partition coefficient (Wildman–Crippen LogP) is 7.05. The first-order valence-corrected chi connectivity index (χ1v) is 20.4. The van der Waals surface area contributed by atoms with Crippen LogP contribution in [0.2, 0.25) is 16.6 Å². The maximum atomic E-state index is 14.5. The molecule has 0 fully saturated rings. The Labute approximate surface area is 315 Å². The van der Waals surface area contributed by atoms with E-state index < -0.39 is 62.0 Å². The van der Waals surface area contributed by atoms with Crippen molar-refractivity contribution in [3.63, 3.8) is 0 Å². The molecule has 0 spiro atoms. The summed E-state index contributed by atoms with van der Waals surface area (Å²) in [6, 6.07) is 11.9. The lowest BCUT2D eigenvalue weighted by molar-refractivity contribution is -0.155. The van der Waals surface area contributed by atoms with Crippen LogP contribution in [0.1, 0.15) is 86.4 Å². The summed E-state index contributed by atoms with van der Waals surface area (Å²) in [6.45, 7) is 20.0. The number of nitrogens with zero attached hydrogens (tertiary/aromatic N) is 1. The molecule has 0 unspecified atom stereocenters. The minimum absolute atomic E-state index is 0.124. The van der Waals surface area contributed by atoms with Gasteiger partial charge in [-0.3, -0.25) is 9.59 Å². The molecule has 3 aromatic rings. The summed E-state index contributed by atoms with van der Waals surface area (Å²) < 4.78 is 22.9. The second-order valence-electron chi connectivity index (χ2n) is 15.6. The Bertz CT molecular complexity index is 1680. The van der Waals surface area contributed by atoms with Gasteiger partial charge in [0.25, 0.3) is 8.32 Å². The highest BCUT2D eigenvalue weighted by Gasteiger charge is 2.47. The second-order valence-corrected chi connectivity index (χ2v) is 20.9. The van der Waals surface area contributed by atoms with Gasteiger partial charge in [-0.1, -0.05) is 71.9 Å². The highest BCUT2D eigenvalue weighted by molar-refractivity contribution is 6.78. The number of aromatic nitrogens is 1. The van der Waals surface area contributed by atoms with Crippen LogP contribution >= 0.6 is 0 Å². The summed E-state index contributed by atoms with van der Waals surface area (Å²) >= 11 is 0. The van der Waals surface area contributed by atoms with Crippen molar-refractivity contribution in [1.82, 2.24) is 20.5 Å². The Hall–Kier alpha value is -4.36. The summed E-state index contributed by atoms with van der Waals surface area (Å²) in [5.41, 5.74) is 2.58. The van der Waals surface area contributed by atoms with Gasteiger partial charge in [0.2, 0.25) is 11.8 Å². The van der Waals surface area contributed by atoms with Gasteiger partial charge in [0, 0.05) is 37.7 Å². The maximum Gasteiger partial charge on any atom is 0.408 e. The molecule has 3 rings (SSSR count). The fourth-order valence-electron chi connectivity index (χ4n) is 7.29. The molecule has 0 saturated carbocycles. The van der Waals surface area contributed by atoms with Gasteiger partial charge in [-0.2, -0.15) is 0 Å². The van der Waals surface area contributed by atoms with Gasteiger partial charge in [0.15, 0.2) is 6.10 Å². The Kier molecular flexibility index (Phi) is 14.7. The number of amides is 3. The molecule has 0 bridgehead atoms. The zero-order chi connectivity index (χ0) is 39.8. The third-order valence-electron chi connectivity index (χ3n) is 9.84. The van der Waals surface area contributed by atoms with E-state index in [9.17, 15) is 19.2 Å². The van der Waals surface area contributed by atoms with E-state index in [1.165, 1.54) is 33.1 Å². The summed E-state index contributed by atoms with van der Waals surface area (Å²) in [4.78, 5) is 58.5. The van der Waals surface area contributed by atoms with Crippen molar-refractivity contribution in [2.75, 3.05) is 21.3 Å². The molecule has 0 aliphatic heterocycles. The minimum atomic E-state index is -2.26. The van der Waals surface area contributed by atoms with Crippen LogP contribution in [0, 0.1) is 0 Å². The highest BCUT2D eigenvalue weighted by atomic mass is 28.4. The van der Waals surface area contributed by atoms with Crippen LogP contribution in [0.4, 0.5) is 4.79 Å². The van der Waals surface area contributed by atoms with Gasteiger partial charge in [-0.15, -0.1) is 0 Å². The topological polar surface area (TPSA) is 148 Å². The van der Waals surface area contributed by atoms with Gasteiger partial charge >= 0.3 is 12.1 Å². The van der Waals surface area contributed by atoms with E-state index in [-0.39, 0.29) is 6.42 Å². The number of para-hydroxylation sites is 1. The number of methoxy groups -OCH3 is 2. The molecule has 3 N–H and O–H groups in total. The monoisotopic (exact) mass is 752 g/mol. The molecule has 0 aliphatic rings. The van der Waals surface area contributed by atoms with Gasteiger partial charge < -0.3 is 39.2 Å². The summed E-state index contributed by atoms with van der Waals surface area (Å²) in [5, 5.41) is 6.49. The number of carbonyl (C=O) groups excluding carboxylic acids is 4. The number of fused-ring (bicyclic) bond motifs is 1. The molecule has 1 heterocycles. The molecule has 12 nitrogen and oxygen atoms in total. The first-order chi connectivity index (χ1) is 24.8. The standard InChI is InChI=1S/C40H60N4O8Si/c1-24(2)53(25(3)4,26(5)6)52-30-20-18-28(19-21-30)34(35(49-12)38(47)50-13)43-36(45)33(22-29-23-41-32-17-15-14-16-31(29)32)44(11)37(46)27(7)42-39(48)51-40(8,9)10/h14-21,23-27,33-35,41H,22H2,1-13H3,(H,42,48)(H,43,45)/t27-,33+,34-,35+/m0/s1. The maximum absolute atomic E-state index is 14.5. The van der Waals surface area contributed by atoms with Gasteiger partial charge in [0.05, 0.1) is 13.2 Å². The number of hydrogen-bond acceptors (Lipinski definition) is 8. The van der Waals surface area contributed by atoms with Gasteiger partial charge in [-0.25, -0.2) is 9.59 Å². The number of nitrogens with one attached hydrogen (secondary N) is 3. The lowest BCUT2D eigenvalue weighted by Gasteiger charge is -2.42. The van der Waals surface area contributed by atoms with Crippen LogP contribution in [0.15, 0.2) is 54.7 Å². The summed E-state index contributed by atoms with van der Waals surface area (Å²) in [6.07, 6.45) is -0.0381. The number of ether oxygens (including phenoxy) is 3. The number of hydrogen-bond donors (Lipinski definition) is 3. The molecule has 3 amide bonds. The van der Waals surface area contributed by atoms with E-state index in [0.29, 0.717) is 27.9 Å². The smallest absolute Gasteiger partial charge is 0.408 e. The van der Waals surface area contributed by atoms with Crippen molar-refractivity contribution < 1.29 is 37.8 Å². The number of carbonyl (C=O) groups is 4. The van der Waals surface area contributed by atoms with Crippen LogP contribution in [0.5, 0.6) is 5.75 Å². The van der Waals surface area contributed by atoms with Crippen molar-refractivity contribution >= 4 is 43.1 Å². The quantitative estimate of drug-likeness (QED) is 0.104. The van der Waals surface area contributed by atoms with Gasteiger partial charge in [-0.05, 0) is 73.6 Å². The summed E-state index contributed by atoms with van der Waals surface area (Å²) in [5.74, 6) is -1.03. The molecule has 13 heteroatoms. The Morgan fingerprint density at radius 1 is 0.849 bits per heavy atom. The third-order valence-corrected chi connectivity index (χ3v) is 15.8. The molecule has 0 aliphatic carbocycles. The largest absolute Gasteiger partial charge is 0.543 e. The van der Waals surface area contributed by atoms with Crippen molar-refractivity contribution in [3.8, 4) is 5.75 Å². The molecular formula is C40H60N4O8Si. The Morgan fingerprint density at radius 3 is 1.96 bits per heavy atom. The molecule has 1 aromatic heterocycles. The number of aromatic amines is 1. The molecule has 292 valence electrons. The zero-order valence-electron chi connectivity index (χ0n) is 33.7. The van der Waals surface area contributed by atoms with E-state index in [2.05, 4.69) is 57.2 Å². The van der Waals surface area contributed by atoms with Crippen molar-refractivity contribution in [3.05, 3.63) is 65.9 Å². The SMILES string of the molecule is COC(=O)[C@H](OC)[C@@H](NC(=O)[C@@H](Cc1c[nH]c2ccccc12)N(C)C(=O)[C@H](C)NC(=O)OC(C)(C)C)c1ccc(O[Si](C(C)C)(C(C)C)C(C)C)cc1. The average Bonchev–Trinajstić information content (AvgIpc) is 3.50. The lowest BCUT2D eigenvalue weighted by Crippen LogP contribution is -2.56. The van der Waals surface area contributed by atoms with Crippen molar-refractivity contribution in [2.45, 2.75) is 122 Å². The van der Waals surface area contributed by atoms with Crippen molar-refractivity contribution in [1.29, 1.82) is 0 Å². The fourth-order valence-corrected chi connectivity index (χ4v) is 12.5. The molecule has 4 atom stereocenters. The predicted molar refractivity (Wildman–Crippen MR) is 209 cm³/mol. The number of benzene rings is 2. The fraction of sp³-hybridized carbons (Fsp3) is 0.550. The zero-order valence-corrected chi connectivity index (χ0v) is 34.7. The first kappa shape index (κ1) is 43.0. The van der Waals surface area contributed by atoms with Gasteiger partial charge in [0.1, 0.15) is 23.4 Å².